The smallest absolute Gasteiger partial charge is 0.204 e. The van der Waals surface area contributed by atoms with Crippen molar-refractivity contribution < 1.29 is 0 Å². The summed E-state index contributed by atoms with van der Waals surface area (Å²) in [5, 5.41) is 24.2. The molecule has 0 aliphatic heterocycles. The molecule has 4 bridgehead atoms. The number of aryl methyl sites for hydroxylation is 1. The molecule has 4 heterocycles. The van der Waals surface area contributed by atoms with E-state index < -0.39 is 0 Å². The van der Waals surface area contributed by atoms with Gasteiger partial charge in [0.1, 0.15) is 6.33 Å². The number of aromatic nitrogens is 10. The number of nitrogens with zero attached hydrogens (tertiary/aromatic N) is 10. The highest BCUT2D eigenvalue weighted by Crippen LogP contribution is 2.64. The summed E-state index contributed by atoms with van der Waals surface area (Å²) in [7, 11) is 1.90. The highest BCUT2D eigenvalue weighted by Gasteiger charge is 2.61. The molecule has 1 aromatic carbocycles. The number of fused-ring (bicyclic) bond motifs is 3. The first-order chi connectivity index (χ1) is 16.6. The first-order valence-corrected chi connectivity index (χ1v) is 12.0. The minimum absolute atomic E-state index is 0.0643. The van der Waals surface area contributed by atoms with Crippen molar-refractivity contribution in [3.05, 3.63) is 48.7 Å². The summed E-state index contributed by atoms with van der Waals surface area (Å²) >= 11 is 0. The molecule has 34 heavy (non-hydrogen) atoms. The summed E-state index contributed by atoms with van der Waals surface area (Å²) in [6.07, 6.45) is 10.3. The van der Waals surface area contributed by atoms with E-state index in [1.165, 1.54) is 6.42 Å². The van der Waals surface area contributed by atoms with Gasteiger partial charge in [-0.15, -0.1) is 15.3 Å². The maximum atomic E-state index is 5.11. The van der Waals surface area contributed by atoms with Crippen molar-refractivity contribution in [1.82, 2.24) is 49.6 Å². The molecular formula is C24H24N10. The van der Waals surface area contributed by atoms with Crippen molar-refractivity contribution in [1.29, 1.82) is 0 Å². The Balaban J connectivity index is 1.24. The third-order valence-corrected chi connectivity index (χ3v) is 8.44. The lowest BCUT2D eigenvalue weighted by molar-refractivity contribution is -0.0784. The molecule has 0 amide bonds. The Morgan fingerprint density at radius 1 is 0.971 bits per heavy atom. The van der Waals surface area contributed by atoms with Crippen LogP contribution in [0.15, 0.2) is 42.9 Å². The Kier molecular flexibility index (Phi) is 3.44. The van der Waals surface area contributed by atoms with Gasteiger partial charge in [0.15, 0.2) is 17.1 Å². The second kappa shape index (κ2) is 6.25. The van der Waals surface area contributed by atoms with Crippen LogP contribution in [0.2, 0.25) is 0 Å². The molecule has 9 rings (SSSR count). The minimum atomic E-state index is -0.122. The van der Waals surface area contributed by atoms with Crippen molar-refractivity contribution in [2.45, 2.75) is 49.5 Å². The molecule has 2 unspecified atom stereocenters. The molecule has 4 saturated carbocycles. The fourth-order valence-electron chi connectivity index (χ4n) is 7.49. The van der Waals surface area contributed by atoms with E-state index in [1.54, 1.807) is 11.0 Å². The Bertz CT molecular complexity index is 1550. The lowest BCUT2D eigenvalue weighted by Crippen LogP contribution is -2.59. The van der Waals surface area contributed by atoms with E-state index in [0.29, 0.717) is 17.7 Å². The highest BCUT2D eigenvalue weighted by atomic mass is 15.6. The van der Waals surface area contributed by atoms with Crippen LogP contribution in [-0.2, 0) is 18.0 Å². The fourth-order valence-corrected chi connectivity index (χ4v) is 7.49. The Morgan fingerprint density at radius 2 is 1.79 bits per heavy atom. The average Bonchev–Trinajstić information content (AvgIpc) is 3.57. The summed E-state index contributed by atoms with van der Waals surface area (Å²) in [6.45, 7) is 0. The van der Waals surface area contributed by atoms with Crippen molar-refractivity contribution >= 4 is 16.7 Å². The van der Waals surface area contributed by atoms with Crippen molar-refractivity contribution in [2.24, 2.45) is 18.9 Å². The molecule has 2 atom stereocenters. The molecule has 10 heteroatoms. The van der Waals surface area contributed by atoms with Crippen molar-refractivity contribution in [3.8, 4) is 11.4 Å². The van der Waals surface area contributed by atoms with Gasteiger partial charge in [0, 0.05) is 18.0 Å². The van der Waals surface area contributed by atoms with Gasteiger partial charge in [0.05, 0.1) is 17.1 Å². The van der Waals surface area contributed by atoms with Crippen LogP contribution in [0, 0.1) is 11.8 Å². The van der Waals surface area contributed by atoms with E-state index in [-0.39, 0.29) is 11.0 Å². The van der Waals surface area contributed by atoms with Crippen LogP contribution < -0.4 is 0 Å². The largest absolute Gasteiger partial charge is 0.250 e. The van der Waals surface area contributed by atoms with E-state index in [0.717, 1.165) is 60.2 Å². The van der Waals surface area contributed by atoms with Gasteiger partial charge >= 0.3 is 0 Å². The Labute approximate surface area is 195 Å². The molecular weight excluding hydrogens is 428 g/mol. The third-order valence-electron chi connectivity index (χ3n) is 8.44. The molecule has 0 N–H and O–H groups in total. The van der Waals surface area contributed by atoms with Gasteiger partial charge in [-0.3, -0.25) is 4.68 Å². The summed E-state index contributed by atoms with van der Waals surface area (Å²) in [6, 6.07) is 10.1. The van der Waals surface area contributed by atoms with Crippen LogP contribution in [0.4, 0.5) is 0 Å². The highest BCUT2D eigenvalue weighted by molar-refractivity contribution is 5.88. The molecule has 0 spiro atoms. The molecule has 10 nitrogen and oxygen atoms in total. The predicted molar refractivity (Wildman–Crippen MR) is 123 cm³/mol. The quantitative estimate of drug-likeness (QED) is 0.414. The van der Waals surface area contributed by atoms with Gasteiger partial charge in [0.2, 0.25) is 5.82 Å². The number of rotatable bonds is 3. The van der Waals surface area contributed by atoms with Gasteiger partial charge in [-0.2, -0.15) is 9.90 Å². The van der Waals surface area contributed by atoms with E-state index in [9.17, 15) is 0 Å². The van der Waals surface area contributed by atoms with Crippen molar-refractivity contribution in [3.63, 3.8) is 0 Å². The maximum Gasteiger partial charge on any atom is 0.204 e. The summed E-state index contributed by atoms with van der Waals surface area (Å²) < 4.78 is 3.61. The van der Waals surface area contributed by atoms with E-state index in [4.69, 9.17) is 15.2 Å². The second-order valence-electron chi connectivity index (χ2n) is 10.7. The number of tetrazole rings is 1. The average molecular weight is 453 g/mol. The zero-order chi connectivity index (χ0) is 22.5. The standard InChI is InChI=1S/C24H24N10/c1-32-20-18(12-26-32)21-27-22(30-33(21)14-25-20)23-8-15-7-16(9-23)11-24(10-15,13-23)34-29-19(28-31-34)17-5-3-2-4-6-17/h2-6,12,14-16H,7-11,13H2,1H3. The van der Waals surface area contributed by atoms with Crippen LogP contribution in [0.3, 0.4) is 0 Å². The second-order valence-corrected chi connectivity index (χ2v) is 10.7. The van der Waals surface area contributed by atoms with Crippen LogP contribution in [-0.4, -0.2) is 49.6 Å². The van der Waals surface area contributed by atoms with Crippen LogP contribution in [0.5, 0.6) is 0 Å². The molecule has 0 saturated heterocycles. The molecule has 4 aromatic heterocycles. The van der Waals surface area contributed by atoms with Gasteiger partial charge in [0.25, 0.3) is 0 Å². The summed E-state index contributed by atoms with van der Waals surface area (Å²) in [4.78, 5) is 11.6. The summed E-state index contributed by atoms with van der Waals surface area (Å²) in [5.74, 6) is 2.90. The molecule has 5 aromatic rings. The van der Waals surface area contributed by atoms with Gasteiger partial charge in [-0.05, 0) is 55.6 Å². The maximum absolute atomic E-state index is 5.11. The van der Waals surface area contributed by atoms with Crippen molar-refractivity contribution in [2.75, 3.05) is 0 Å². The van der Waals surface area contributed by atoms with Crippen LogP contribution >= 0.6 is 0 Å². The van der Waals surface area contributed by atoms with Gasteiger partial charge in [-0.1, -0.05) is 30.3 Å². The zero-order valence-electron chi connectivity index (χ0n) is 18.9. The predicted octanol–water partition coefficient (Wildman–Crippen LogP) is 2.91. The lowest BCUT2D eigenvalue weighted by atomic mass is 9.46. The topological polar surface area (TPSA) is 105 Å². The Morgan fingerprint density at radius 3 is 2.62 bits per heavy atom. The number of hydrogen-bond donors (Lipinski definition) is 0. The van der Waals surface area contributed by atoms with Gasteiger partial charge in [-0.25, -0.2) is 14.5 Å². The molecule has 4 fully saturated rings. The minimum Gasteiger partial charge on any atom is -0.250 e. The van der Waals surface area contributed by atoms with Crippen LogP contribution in [0.25, 0.3) is 28.1 Å². The first kappa shape index (κ1) is 18.7. The number of benzene rings is 1. The molecule has 4 aliphatic rings. The lowest BCUT2D eigenvalue weighted by Gasteiger charge is -2.60. The number of hydrogen-bond acceptors (Lipinski definition) is 7. The molecule has 4 aliphatic carbocycles. The van der Waals surface area contributed by atoms with Gasteiger partial charge < -0.3 is 0 Å². The Hall–Kier alpha value is -3.69. The zero-order valence-corrected chi connectivity index (χ0v) is 18.9. The molecule has 0 radical (unpaired) electrons. The monoisotopic (exact) mass is 452 g/mol. The van der Waals surface area contributed by atoms with E-state index in [2.05, 4.69) is 20.4 Å². The fraction of sp³-hybridized carbons (Fsp3) is 0.458. The summed E-state index contributed by atoms with van der Waals surface area (Å²) in [5.41, 5.74) is 2.48. The van der Waals surface area contributed by atoms with E-state index in [1.807, 2.05) is 52.9 Å². The van der Waals surface area contributed by atoms with Crippen LogP contribution in [0.1, 0.15) is 44.3 Å². The van der Waals surface area contributed by atoms with E-state index >= 15 is 0 Å². The molecule has 170 valence electrons. The first-order valence-electron chi connectivity index (χ1n) is 12.0. The third kappa shape index (κ3) is 2.43. The normalized spacial score (nSPS) is 30.0. The SMILES string of the molecule is Cn1ncc2c1ncn1nc(C34CC5CC(C3)CC(n3nnc(-c6ccccc6)n3)(C5)C4)nc21.